The van der Waals surface area contributed by atoms with Crippen molar-refractivity contribution < 1.29 is 45.1 Å². The van der Waals surface area contributed by atoms with Crippen molar-refractivity contribution in [3.8, 4) is 0 Å². The molecule has 0 saturated carbocycles. The molecule has 9 heteroatoms. The van der Waals surface area contributed by atoms with Crippen molar-refractivity contribution in [1.29, 1.82) is 0 Å². The Morgan fingerprint density at radius 1 is 0.765 bits per heavy atom. The highest BCUT2D eigenvalue weighted by molar-refractivity contribution is 6.35. The fourth-order valence-electron chi connectivity index (χ4n) is 0.270. The minimum Gasteiger partial charge on any atom is -0.479 e. The monoisotopic (exact) mass is 254 g/mol. The van der Waals surface area contributed by atoms with Gasteiger partial charge in [-0.1, -0.05) is 0 Å². The first kappa shape index (κ1) is 20.6. The number of Topliss-reactive ketones (excluding diaryl/α,β-unsaturated/α-hetero) is 2. The third-order valence-corrected chi connectivity index (χ3v) is 1.30. The van der Waals surface area contributed by atoms with Gasteiger partial charge in [0.25, 0.3) is 0 Å². The van der Waals surface area contributed by atoms with Gasteiger partial charge < -0.3 is 25.9 Å². The number of hydrogen-bond acceptors (Lipinski definition) is 6. The van der Waals surface area contributed by atoms with E-state index in [1.54, 1.807) is 0 Å². The molecule has 0 amide bonds. The molecular formula is C8H14O9. The summed E-state index contributed by atoms with van der Waals surface area (Å²) in [5.41, 5.74) is 0. The minimum atomic E-state index is -2.27. The number of aliphatic hydroxyl groups is 2. The van der Waals surface area contributed by atoms with Gasteiger partial charge in [-0.25, -0.2) is 9.59 Å². The molecule has 9 nitrogen and oxygen atoms in total. The van der Waals surface area contributed by atoms with Gasteiger partial charge in [0, 0.05) is 13.8 Å². The molecular weight excluding hydrogens is 240 g/mol. The number of carboxylic acid groups (broad SMARTS) is 2. The Hall–Kier alpha value is -1.84. The van der Waals surface area contributed by atoms with E-state index in [4.69, 9.17) is 20.4 Å². The summed E-state index contributed by atoms with van der Waals surface area (Å²) in [5, 5.41) is 32.5. The van der Waals surface area contributed by atoms with Crippen LogP contribution in [0.1, 0.15) is 13.8 Å². The first-order valence-electron chi connectivity index (χ1n) is 3.94. The van der Waals surface area contributed by atoms with Crippen LogP contribution in [-0.2, 0) is 19.2 Å². The maximum Gasteiger partial charge on any atom is 0.335 e. The zero-order valence-corrected chi connectivity index (χ0v) is 9.08. The molecule has 0 saturated heterocycles. The van der Waals surface area contributed by atoms with E-state index in [0.717, 1.165) is 0 Å². The van der Waals surface area contributed by atoms with Crippen LogP contribution in [-0.4, -0.2) is 61.6 Å². The zero-order valence-electron chi connectivity index (χ0n) is 9.08. The molecule has 17 heavy (non-hydrogen) atoms. The second-order valence-electron chi connectivity index (χ2n) is 2.68. The molecule has 100 valence electrons. The smallest absolute Gasteiger partial charge is 0.335 e. The van der Waals surface area contributed by atoms with Crippen molar-refractivity contribution in [2.24, 2.45) is 0 Å². The Kier molecular flexibility index (Phi) is 11.4. The second kappa shape index (κ2) is 9.39. The molecule has 0 aromatic heterocycles. The fourth-order valence-corrected chi connectivity index (χ4v) is 0.270. The molecule has 0 spiro atoms. The van der Waals surface area contributed by atoms with Gasteiger partial charge in [-0.2, -0.15) is 0 Å². The van der Waals surface area contributed by atoms with Crippen LogP contribution in [0.5, 0.6) is 0 Å². The fraction of sp³-hybridized carbons (Fsp3) is 0.500. The van der Waals surface area contributed by atoms with Gasteiger partial charge in [0.1, 0.15) is 0 Å². The Labute approximate surface area is 95.6 Å². The first-order valence-corrected chi connectivity index (χ1v) is 3.94. The molecule has 0 bridgehead atoms. The van der Waals surface area contributed by atoms with Gasteiger partial charge in [0.2, 0.25) is 0 Å². The van der Waals surface area contributed by atoms with Gasteiger partial charge >= 0.3 is 11.9 Å². The molecule has 0 aromatic carbocycles. The number of carboxylic acids is 2. The predicted octanol–water partition coefficient (Wildman–Crippen LogP) is -2.78. The van der Waals surface area contributed by atoms with Gasteiger partial charge in [-0.05, 0) is 0 Å². The van der Waals surface area contributed by atoms with E-state index < -0.39 is 24.1 Å². The molecule has 0 fully saturated rings. The van der Waals surface area contributed by atoms with Crippen LogP contribution < -0.4 is 0 Å². The van der Waals surface area contributed by atoms with Crippen LogP contribution in [0.2, 0.25) is 0 Å². The molecule has 6 N–H and O–H groups in total. The van der Waals surface area contributed by atoms with Crippen molar-refractivity contribution in [2.75, 3.05) is 0 Å². The number of carbonyl (C=O) groups excluding carboxylic acids is 2. The van der Waals surface area contributed by atoms with Crippen molar-refractivity contribution in [2.45, 2.75) is 26.1 Å². The van der Waals surface area contributed by atoms with Gasteiger partial charge in [0.05, 0.1) is 0 Å². The maximum atomic E-state index is 9.79. The van der Waals surface area contributed by atoms with Gasteiger partial charge in [-0.15, -0.1) is 0 Å². The Morgan fingerprint density at radius 3 is 1.00 bits per heavy atom. The van der Waals surface area contributed by atoms with E-state index in [-0.39, 0.29) is 17.0 Å². The third kappa shape index (κ3) is 10.4. The molecule has 0 aliphatic rings. The highest BCUT2D eigenvalue weighted by Crippen LogP contribution is 1.92. The number of aliphatic carboxylic acids is 2. The lowest BCUT2D eigenvalue weighted by Gasteiger charge is -2.07. The highest BCUT2D eigenvalue weighted by atomic mass is 16.4. The lowest BCUT2D eigenvalue weighted by Crippen LogP contribution is -2.39. The van der Waals surface area contributed by atoms with Crippen LogP contribution in [0.4, 0.5) is 0 Å². The Balaban J connectivity index is -0.000000244. The van der Waals surface area contributed by atoms with Crippen LogP contribution in [0.15, 0.2) is 0 Å². The number of carbonyl (C=O) groups is 4. The Morgan fingerprint density at radius 2 is 0.941 bits per heavy atom. The van der Waals surface area contributed by atoms with E-state index in [0.29, 0.717) is 0 Å². The largest absolute Gasteiger partial charge is 0.479 e. The first-order chi connectivity index (χ1) is 7.11. The second-order valence-corrected chi connectivity index (χ2v) is 2.68. The summed E-state index contributed by atoms with van der Waals surface area (Å²) < 4.78 is 0. The maximum absolute atomic E-state index is 9.79. The van der Waals surface area contributed by atoms with Crippen LogP contribution in [0, 0.1) is 0 Å². The van der Waals surface area contributed by atoms with E-state index >= 15 is 0 Å². The van der Waals surface area contributed by atoms with Crippen molar-refractivity contribution in [3.05, 3.63) is 0 Å². The van der Waals surface area contributed by atoms with Crippen molar-refractivity contribution in [3.63, 3.8) is 0 Å². The summed E-state index contributed by atoms with van der Waals surface area (Å²) in [6, 6.07) is 0. The molecule has 2 atom stereocenters. The summed E-state index contributed by atoms with van der Waals surface area (Å²) in [7, 11) is 0. The van der Waals surface area contributed by atoms with Crippen LogP contribution in [0.25, 0.3) is 0 Å². The summed E-state index contributed by atoms with van der Waals surface area (Å²) in [6.45, 7) is 2.50. The minimum absolute atomic E-state index is 0. The molecule has 2 unspecified atom stereocenters. The summed E-state index contributed by atoms with van der Waals surface area (Å²) in [6.07, 6.45) is -4.53. The lowest BCUT2D eigenvalue weighted by atomic mass is 10.2. The Bertz CT molecular complexity index is 265. The van der Waals surface area contributed by atoms with E-state index in [1.165, 1.54) is 13.8 Å². The van der Waals surface area contributed by atoms with E-state index in [2.05, 4.69) is 0 Å². The van der Waals surface area contributed by atoms with E-state index in [1.807, 2.05) is 0 Å². The standard InChI is InChI=1S/C4H6O6.C4H6O2.H2O/c5-1(3(7)8)2(6)4(9)10;1-3(5)4(2)6;/h1-2,5-6H,(H,7,8)(H,9,10);1-2H3;1H2. The number of ketones is 2. The SMILES string of the molecule is CC(=O)C(C)=O.O.O=C(O)C(O)C(O)C(=O)O. The molecule has 0 radical (unpaired) electrons. The third-order valence-electron chi connectivity index (χ3n) is 1.30. The molecule has 0 aromatic rings. The average molecular weight is 254 g/mol. The van der Waals surface area contributed by atoms with Crippen LogP contribution in [0.3, 0.4) is 0 Å². The van der Waals surface area contributed by atoms with Gasteiger partial charge in [-0.3, -0.25) is 9.59 Å². The molecule has 0 heterocycles. The number of rotatable bonds is 4. The summed E-state index contributed by atoms with van der Waals surface area (Å²) in [5.74, 6) is -4.30. The summed E-state index contributed by atoms with van der Waals surface area (Å²) in [4.78, 5) is 39.1. The normalized spacial score (nSPS) is 12.0. The quantitative estimate of drug-likeness (QED) is 0.388. The predicted molar refractivity (Wildman–Crippen MR) is 52.3 cm³/mol. The topological polar surface area (TPSA) is 181 Å². The van der Waals surface area contributed by atoms with Crippen molar-refractivity contribution in [1.82, 2.24) is 0 Å². The summed E-state index contributed by atoms with van der Waals surface area (Å²) >= 11 is 0. The van der Waals surface area contributed by atoms with Crippen molar-refractivity contribution >= 4 is 23.5 Å². The van der Waals surface area contributed by atoms with E-state index in [9.17, 15) is 19.2 Å². The number of hydrogen-bond donors (Lipinski definition) is 4. The lowest BCUT2D eigenvalue weighted by molar-refractivity contribution is -0.165. The molecule has 0 aliphatic carbocycles. The zero-order chi connectivity index (χ0) is 13.5. The molecule has 0 rings (SSSR count). The average Bonchev–Trinajstić information content (AvgIpc) is 2.15. The van der Waals surface area contributed by atoms with Crippen LogP contribution >= 0.6 is 0 Å². The van der Waals surface area contributed by atoms with Gasteiger partial charge in [0.15, 0.2) is 23.8 Å². The molecule has 0 aliphatic heterocycles. The highest BCUT2D eigenvalue weighted by Gasteiger charge is 2.29. The number of aliphatic hydroxyl groups excluding tert-OH is 2.